The van der Waals surface area contributed by atoms with E-state index in [4.69, 9.17) is 0 Å². The summed E-state index contributed by atoms with van der Waals surface area (Å²) in [5.41, 5.74) is -0.699. The lowest BCUT2D eigenvalue weighted by Gasteiger charge is -2.31. The van der Waals surface area contributed by atoms with Crippen LogP contribution in [0.15, 0.2) is 23.4 Å². The third-order valence-electron chi connectivity index (χ3n) is 5.47. The number of carbonyl (C=O) groups is 2. The number of amides is 2. The van der Waals surface area contributed by atoms with Gasteiger partial charge in [0.1, 0.15) is 6.54 Å². The van der Waals surface area contributed by atoms with E-state index in [1.807, 2.05) is 0 Å². The van der Waals surface area contributed by atoms with Crippen LogP contribution in [-0.4, -0.2) is 43.8 Å². The van der Waals surface area contributed by atoms with Crippen molar-refractivity contribution < 1.29 is 22.8 Å². The fourth-order valence-electron chi connectivity index (χ4n) is 3.91. The lowest BCUT2D eigenvalue weighted by Crippen LogP contribution is -2.45. The maximum atomic E-state index is 13.1. The van der Waals surface area contributed by atoms with Crippen molar-refractivity contribution >= 4 is 35.0 Å². The minimum Gasteiger partial charge on any atom is -0.323 e. The molecule has 12 heteroatoms. The average molecular weight is 454 g/mol. The van der Waals surface area contributed by atoms with Gasteiger partial charge in [-0.2, -0.15) is 13.2 Å². The molecule has 0 bridgehead atoms. The zero-order chi connectivity index (χ0) is 22.2. The van der Waals surface area contributed by atoms with Gasteiger partial charge in [-0.05, 0) is 48.4 Å². The summed E-state index contributed by atoms with van der Waals surface area (Å²) in [5.74, 6) is -0.955. The fraction of sp³-hybridized carbons (Fsp3) is 0.526. The number of fused-ring (bicyclic) bond motifs is 1. The Labute approximate surface area is 180 Å². The third kappa shape index (κ3) is 4.53. The molecule has 4 rings (SSSR count). The van der Waals surface area contributed by atoms with Crippen molar-refractivity contribution in [3.63, 3.8) is 0 Å². The molecule has 1 N–H and O–H groups in total. The maximum Gasteiger partial charge on any atom is 0.416 e. The van der Waals surface area contributed by atoms with E-state index < -0.39 is 28.8 Å². The van der Waals surface area contributed by atoms with Crippen molar-refractivity contribution in [1.29, 1.82) is 0 Å². The molecule has 1 atom stereocenters. The zero-order valence-corrected chi connectivity index (χ0v) is 17.5. The summed E-state index contributed by atoms with van der Waals surface area (Å²) in [5, 5.41) is 14.2. The minimum atomic E-state index is -4.55. The lowest BCUT2D eigenvalue weighted by atomic mass is 9.96. The second kappa shape index (κ2) is 8.48. The highest BCUT2D eigenvalue weighted by molar-refractivity contribution is 8.00. The number of thioether (sulfide) groups is 1. The van der Waals surface area contributed by atoms with E-state index >= 15 is 0 Å². The Bertz CT molecular complexity index is 989. The van der Waals surface area contributed by atoms with Gasteiger partial charge in [-0.25, -0.2) is 4.68 Å². The van der Waals surface area contributed by atoms with E-state index in [1.165, 1.54) is 29.1 Å². The van der Waals surface area contributed by atoms with E-state index in [0.717, 1.165) is 37.8 Å². The summed E-state index contributed by atoms with van der Waals surface area (Å²) in [7, 11) is 0. The Hall–Kier alpha value is -2.63. The monoisotopic (exact) mass is 454 g/mol. The van der Waals surface area contributed by atoms with E-state index in [2.05, 4.69) is 20.8 Å². The first-order valence-corrected chi connectivity index (χ1v) is 10.9. The van der Waals surface area contributed by atoms with E-state index in [-0.39, 0.29) is 24.0 Å². The Morgan fingerprint density at radius 2 is 2.00 bits per heavy atom. The van der Waals surface area contributed by atoms with Gasteiger partial charge in [-0.1, -0.05) is 31.0 Å². The molecule has 8 nitrogen and oxygen atoms in total. The second-order valence-corrected chi connectivity index (χ2v) is 8.97. The summed E-state index contributed by atoms with van der Waals surface area (Å²) in [6, 6.07) is 3.14. The molecular formula is C19H21F3N6O2S. The predicted molar refractivity (Wildman–Crippen MR) is 108 cm³/mol. The number of anilines is 2. The van der Waals surface area contributed by atoms with E-state index in [0.29, 0.717) is 5.16 Å². The van der Waals surface area contributed by atoms with Crippen LogP contribution in [0.1, 0.15) is 50.6 Å². The number of alkyl halides is 3. The number of nitrogens with zero attached hydrogens (tertiary/aromatic N) is 5. The van der Waals surface area contributed by atoms with Crippen molar-refractivity contribution in [3.8, 4) is 0 Å². The molecule has 1 aromatic heterocycles. The minimum absolute atomic E-state index is 0.0383. The first-order valence-electron chi connectivity index (χ1n) is 10.0. The average Bonchev–Trinajstić information content (AvgIpc) is 3.20. The van der Waals surface area contributed by atoms with Gasteiger partial charge in [-0.15, -0.1) is 5.10 Å². The largest absolute Gasteiger partial charge is 0.416 e. The molecule has 0 spiro atoms. The molecular weight excluding hydrogens is 433 g/mol. The Morgan fingerprint density at radius 3 is 2.71 bits per heavy atom. The van der Waals surface area contributed by atoms with Gasteiger partial charge >= 0.3 is 6.18 Å². The van der Waals surface area contributed by atoms with Gasteiger partial charge in [-0.3, -0.25) is 14.5 Å². The van der Waals surface area contributed by atoms with E-state index in [9.17, 15) is 22.8 Å². The first-order chi connectivity index (χ1) is 14.7. The SMILES string of the molecule is CC(Sc1nnnn1C1CCCCC1)C(=O)N1CC(=O)Nc2cc(C(F)(F)F)ccc21. The number of hydrogen-bond donors (Lipinski definition) is 1. The molecule has 2 heterocycles. The molecule has 2 amide bonds. The number of carbonyl (C=O) groups excluding carboxylic acids is 2. The normalized spacial score (nSPS) is 18.5. The molecule has 1 fully saturated rings. The standard InChI is InChI=1S/C19H21F3N6O2S/c1-11(31-18-24-25-26-28(18)13-5-3-2-4-6-13)17(30)27-10-16(29)23-14-9-12(19(20,21)22)7-8-15(14)27/h7-9,11,13H,2-6,10H2,1H3,(H,23,29). The summed E-state index contributed by atoms with van der Waals surface area (Å²) < 4.78 is 40.8. The molecule has 166 valence electrons. The van der Waals surface area contributed by atoms with Gasteiger partial charge in [0.05, 0.1) is 28.2 Å². The van der Waals surface area contributed by atoms with Crippen LogP contribution in [0.3, 0.4) is 0 Å². The second-order valence-electron chi connectivity index (χ2n) is 7.66. The smallest absolute Gasteiger partial charge is 0.323 e. The van der Waals surface area contributed by atoms with Crippen LogP contribution in [0.2, 0.25) is 0 Å². The van der Waals surface area contributed by atoms with Gasteiger partial charge in [0.25, 0.3) is 0 Å². The molecule has 0 radical (unpaired) electrons. The van der Waals surface area contributed by atoms with E-state index in [1.54, 1.807) is 11.6 Å². The van der Waals surface area contributed by atoms with Crippen LogP contribution in [0.25, 0.3) is 0 Å². The molecule has 2 aliphatic rings. The highest BCUT2D eigenvalue weighted by Crippen LogP contribution is 2.38. The predicted octanol–water partition coefficient (Wildman–Crippen LogP) is 3.66. The lowest BCUT2D eigenvalue weighted by molar-refractivity contribution is -0.137. The van der Waals surface area contributed by atoms with Gasteiger partial charge in [0.2, 0.25) is 17.0 Å². The summed E-state index contributed by atoms with van der Waals surface area (Å²) in [4.78, 5) is 26.4. The molecule has 2 aromatic rings. The maximum absolute atomic E-state index is 13.1. The molecule has 0 saturated heterocycles. The van der Waals surface area contributed by atoms with Crippen LogP contribution < -0.4 is 10.2 Å². The number of tetrazole rings is 1. The van der Waals surface area contributed by atoms with Gasteiger partial charge in [0.15, 0.2) is 0 Å². The molecule has 1 aliphatic heterocycles. The number of benzene rings is 1. The van der Waals surface area contributed by atoms with Crippen molar-refractivity contribution in [1.82, 2.24) is 20.2 Å². The first kappa shape index (κ1) is 21.6. The number of hydrogen-bond acceptors (Lipinski definition) is 6. The quantitative estimate of drug-likeness (QED) is 0.709. The van der Waals surface area contributed by atoms with Crippen LogP contribution in [-0.2, 0) is 15.8 Å². The van der Waals surface area contributed by atoms with Crippen molar-refractivity contribution in [2.75, 3.05) is 16.8 Å². The summed E-state index contributed by atoms with van der Waals surface area (Å²) >= 11 is 1.18. The summed E-state index contributed by atoms with van der Waals surface area (Å²) in [6.45, 7) is 1.40. The van der Waals surface area contributed by atoms with Gasteiger partial charge in [0, 0.05) is 0 Å². The summed E-state index contributed by atoms with van der Waals surface area (Å²) in [6.07, 6.45) is 0.781. The Balaban J connectivity index is 1.54. The van der Waals surface area contributed by atoms with Crippen molar-refractivity contribution in [3.05, 3.63) is 23.8 Å². The molecule has 1 aliphatic carbocycles. The van der Waals surface area contributed by atoms with Crippen LogP contribution in [0, 0.1) is 0 Å². The number of aromatic nitrogens is 4. The van der Waals surface area contributed by atoms with Crippen LogP contribution in [0.4, 0.5) is 24.5 Å². The topological polar surface area (TPSA) is 93.0 Å². The zero-order valence-electron chi connectivity index (χ0n) is 16.7. The molecule has 31 heavy (non-hydrogen) atoms. The molecule has 1 aromatic carbocycles. The Kier molecular flexibility index (Phi) is 5.91. The van der Waals surface area contributed by atoms with Crippen molar-refractivity contribution in [2.45, 2.75) is 61.7 Å². The highest BCUT2D eigenvalue weighted by atomic mass is 32.2. The van der Waals surface area contributed by atoms with Gasteiger partial charge < -0.3 is 5.32 Å². The highest BCUT2D eigenvalue weighted by Gasteiger charge is 2.35. The number of nitrogens with one attached hydrogen (secondary N) is 1. The Morgan fingerprint density at radius 1 is 1.26 bits per heavy atom. The molecule has 1 unspecified atom stereocenters. The van der Waals surface area contributed by atoms with Crippen LogP contribution >= 0.6 is 11.8 Å². The van der Waals surface area contributed by atoms with Crippen molar-refractivity contribution in [2.24, 2.45) is 0 Å². The number of halogens is 3. The molecule has 1 saturated carbocycles. The number of rotatable bonds is 4. The van der Waals surface area contributed by atoms with Crippen LogP contribution in [0.5, 0.6) is 0 Å². The third-order valence-corrected chi connectivity index (χ3v) is 6.50. The fourth-order valence-corrected chi connectivity index (χ4v) is 4.83.